The van der Waals surface area contributed by atoms with Crippen molar-refractivity contribution in [3.63, 3.8) is 0 Å². The summed E-state index contributed by atoms with van der Waals surface area (Å²) < 4.78 is 0. The molecule has 1 heterocycles. The van der Waals surface area contributed by atoms with Gasteiger partial charge in [-0.1, -0.05) is 6.92 Å². The van der Waals surface area contributed by atoms with Crippen molar-refractivity contribution in [1.29, 1.82) is 0 Å². The zero-order valence-corrected chi connectivity index (χ0v) is 8.41. The van der Waals surface area contributed by atoms with Crippen molar-refractivity contribution in [2.45, 2.75) is 19.9 Å². The fraction of sp³-hybridized carbons (Fsp3) is 0.778. The second kappa shape index (κ2) is 4.41. The average Bonchev–Trinajstić information content (AvgIpc) is 2.00. The standard InChI is InChI=1S/C9H16N2O3/c1-5(7-3-10-4-7)8(12)11-6(2)9(13)14/h5-7,10H,3-4H2,1-2H3,(H,11,12)(H,13,14)/t5?,6-/m0/s1. The van der Waals surface area contributed by atoms with Gasteiger partial charge in [0.05, 0.1) is 0 Å². The third kappa shape index (κ3) is 2.45. The van der Waals surface area contributed by atoms with Gasteiger partial charge in [0, 0.05) is 5.92 Å². The Morgan fingerprint density at radius 3 is 2.36 bits per heavy atom. The fourth-order valence-electron chi connectivity index (χ4n) is 1.29. The first-order valence-electron chi connectivity index (χ1n) is 4.76. The number of carbonyl (C=O) groups excluding carboxylic acids is 1. The van der Waals surface area contributed by atoms with E-state index in [9.17, 15) is 9.59 Å². The van der Waals surface area contributed by atoms with Gasteiger partial charge in [0.15, 0.2) is 0 Å². The number of carboxylic acid groups (broad SMARTS) is 1. The first kappa shape index (κ1) is 11.0. The van der Waals surface area contributed by atoms with E-state index in [0.717, 1.165) is 13.1 Å². The first-order valence-corrected chi connectivity index (χ1v) is 4.76. The predicted molar refractivity (Wildman–Crippen MR) is 50.8 cm³/mol. The van der Waals surface area contributed by atoms with E-state index in [2.05, 4.69) is 10.6 Å². The van der Waals surface area contributed by atoms with E-state index in [4.69, 9.17) is 5.11 Å². The normalized spacial score (nSPS) is 20.7. The highest BCUT2D eigenvalue weighted by atomic mass is 16.4. The molecule has 0 aromatic heterocycles. The summed E-state index contributed by atoms with van der Waals surface area (Å²) in [5.74, 6) is -0.947. The monoisotopic (exact) mass is 200 g/mol. The molecule has 0 aromatic carbocycles. The Balaban J connectivity index is 2.36. The highest BCUT2D eigenvalue weighted by Crippen LogP contribution is 2.15. The van der Waals surface area contributed by atoms with E-state index in [0.29, 0.717) is 5.92 Å². The molecule has 0 aliphatic carbocycles. The molecule has 0 aromatic rings. The zero-order valence-electron chi connectivity index (χ0n) is 8.41. The van der Waals surface area contributed by atoms with Crippen LogP contribution in [0.4, 0.5) is 0 Å². The largest absolute Gasteiger partial charge is 0.480 e. The number of hydrogen-bond acceptors (Lipinski definition) is 3. The van der Waals surface area contributed by atoms with Crippen LogP contribution in [0, 0.1) is 11.8 Å². The molecule has 1 saturated heterocycles. The topological polar surface area (TPSA) is 78.4 Å². The highest BCUT2D eigenvalue weighted by molar-refractivity contribution is 5.84. The summed E-state index contributed by atoms with van der Waals surface area (Å²) in [4.78, 5) is 22.0. The fourth-order valence-corrected chi connectivity index (χ4v) is 1.29. The summed E-state index contributed by atoms with van der Waals surface area (Å²) in [5.41, 5.74) is 0. The van der Waals surface area contributed by atoms with Crippen LogP contribution in [0.15, 0.2) is 0 Å². The zero-order chi connectivity index (χ0) is 10.7. The summed E-state index contributed by atoms with van der Waals surface area (Å²) in [6, 6.07) is -0.807. The van der Waals surface area contributed by atoms with Crippen molar-refractivity contribution >= 4 is 11.9 Å². The molecule has 5 heteroatoms. The van der Waals surface area contributed by atoms with Gasteiger partial charge in [-0.15, -0.1) is 0 Å². The van der Waals surface area contributed by atoms with E-state index in [1.54, 1.807) is 0 Å². The number of amides is 1. The molecule has 1 aliphatic rings. The van der Waals surface area contributed by atoms with Crippen LogP contribution in [0.1, 0.15) is 13.8 Å². The van der Waals surface area contributed by atoms with Crippen LogP contribution >= 0.6 is 0 Å². The Hall–Kier alpha value is -1.10. The number of hydrogen-bond donors (Lipinski definition) is 3. The third-order valence-corrected chi connectivity index (χ3v) is 2.66. The molecule has 5 nitrogen and oxygen atoms in total. The van der Waals surface area contributed by atoms with Crippen LogP contribution in [0.5, 0.6) is 0 Å². The Kier molecular flexibility index (Phi) is 3.46. The molecule has 2 atom stereocenters. The van der Waals surface area contributed by atoms with E-state index in [-0.39, 0.29) is 11.8 Å². The third-order valence-electron chi connectivity index (χ3n) is 2.66. The van der Waals surface area contributed by atoms with Gasteiger partial charge in [-0.2, -0.15) is 0 Å². The summed E-state index contributed by atoms with van der Waals surface area (Å²) in [6.07, 6.45) is 0. The predicted octanol–water partition coefficient (Wildman–Crippen LogP) is -0.569. The number of aliphatic carboxylic acids is 1. The maximum absolute atomic E-state index is 11.5. The highest BCUT2D eigenvalue weighted by Gasteiger charge is 2.29. The Labute approximate surface area is 82.9 Å². The number of rotatable bonds is 4. The molecule has 80 valence electrons. The maximum atomic E-state index is 11.5. The molecule has 14 heavy (non-hydrogen) atoms. The molecular formula is C9H16N2O3. The minimum Gasteiger partial charge on any atom is -0.480 e. The molecular weight excluding hydrogens is 184 g/mol. The van der Waals surface area contributed by atoms with Crippen molar-refractivity contribution in [3.8, 4) is 0 Å². The van der Waals surface area contributed by atoms with Crippen molar-refractivity contribution in [2.24, 2.45) is 11.8 Å². The molecule has 0 spiro atoms. The second-order valence-electron chi connectivity index (χ2n) is 3.78. The van der Waals surface area contributed by atoms with Crippen LogP contribution in [0.25, 0.3) is 0 Å². The molecule has 0 saturated carbocycles. The molecule has 0 radical (unpaired) electrons. The molecule has 0 bridgehead atoms. The minimum absolute atomic E-state index is 0.113. The smallest absolute Gasteiger partial charge is 0.325 e. The molecule has 1 rings (SSSR count). The number of nitrogens with one attached hydrogen (secondary N) is 2. The van der Waals surface area contributed by atoms with Crippen molar-refractivity contribution in [3.05, 3.63) is 0 Å². The van der Waals surface area contributed by atoms with Gasteiger partial charge in [0.2, 0.25) is 5.91 Å². The van der Waals surface area contributed by atoms with Gasteiger partial charge in [-0.3, -0.25) is 9.59 Å². The average molecular weight is 200 g/mol. The van der Waals surface area contributed by atoms with Crippen molar-refractivity contribution < 1.29 is 14.7 Å². The van der Waals surface area contributed by atoms with E-state index >= 15 is 0 Å². The summed E-state index contributed by atoms with van der Waals surface area (Å²) >= 11 is 0. The first-order chi connectivity index (χ1) is 6.52. The van der Waals surface area contributed by atoms with E-state index < -0.39 is 12.0 Å². The summed E-state index contributed by atoms with van der Waals surface area (Å²) in [6.45, 7) is 4.98. The lowest BCUT2D eigenvalue weighted by atomic mass is 9.88. The van der Waals surface area contributed by atoms with Gasteiger partial charge in [-0.05, 0) is 25.9 Å². The molecule has 1 fully saturated rings. The van der Waals surface area contributed by atoms with Gasteiger partial charge in [-0.25, -0.2) is 0 Å². The lowest BCUT2D eigenvalue weighted by Crippen LogP contribution is -2.51. The second-order valence-corrected chi connectivity index (χ2v) is 3.78. The van der Waals surface area contributed by atoms with Gasteiger partial charge < -0.3 is 15.7 Å². The van der Waals surface area contributed by atoms with Crippen LogP contribution in [0.2, 0.25) is 0 Å². The summed E-state index contributed by atoms with van der Waals surface area (Å²) in [7, 11) is 0. The molecule has 1 amide bonds. The van der Waals surface area contributed by atoms with Crippen LogP contribution in [-0.4, -0.2) is 36.1 Å². The quantitative estimate of drug-likeness (QED) is 0.568. The van der Waals surface area contributed by atoms with E-state index in [1.807, 2.05) is 6.92 Å². The minimum atomic E-state index is -1.00. The van der Waals surface area contributed by atoms with Crippen LogP contribution < -0.4 is 10.6 Å². The van der Waals surface area contributed by atoms with Crippen LogP contribution in [-0.2, 0) is 9.59 Å². The van der Waals surface area contributed by atoms with Gasteiger partial charge in [0.25, 0.3) is 0 Å². The van der Waals surface area contributed by atoms with Crippen LogP contribution in [0.3, 0.4) is 0 Å². The van der Waals surface area contributed by atoms with Gasteiger partial charge >= 0.3 is 5.97 Å². The van der Waals surface area contributed by atoms with Crippen molar-refractivity contribution in [2.75, 3.05) is 13.1 Å². The lowest BCUT2D eigenvalue weighted by Gasteiger charge is -2.32. The van der Waals surface area contributed by atoms with Crippen molar-refractivity contribution in [1.82, 2.24) is 10.6 Å². The summed E-state index contributed by atoms with van der Waals surface area (Å²) in [5, 5.41) is 14.1. The Morgan fingerprint density at radius 2 is 2.00 bits per heavy atom. The maximum Gasteiger partial charge on any atom is 0.325 e. The van der Waals surface area contributed by atoms with E-state index in [1.165, 1.54) is 6.92 Å². The SMILES string of the molecule is CC(C(=O)N[C@@H](C)C(=O)O)C1CNC1. The molecule has 3 N–H and O–H groups in total. The lowest BCUT2D eigenvalue weighted by molar-refractivity contribution is -0.142. The Morgan fingerprint density at radius 1 is 1.43 bits per heavy atom. The van der Waals surface area contributed by atoms with Gasteiger partial charge in [0.1, 0.15) is 6.04 Å². The number of carboxylic acids is 1. The molecule has 1 aliphatic heterocycles. The number of carbonyl (C=O) groups is 2. The molecule has 1 unspecified atom stereocenters. The Bertz CT molecular complexity index is 238.